The van der Waals surface area contributed by atoms with E-state index in [0.29, 0.717) is 5.88 Å². The van der Waals surface area contributed by atoms with Gasteiger partial charge in [0.25, 0.3) is 0 Å². The fourth-order valence-corrected chi connectivity index (χ4v) is 3.33. The van der Waals surface area contributed by atoms with E-state index >= 15 is 0 Å². The van der Waals surface area contributed by atoms with Crippen molar-refractivity contribution >= 4 is 27.8 Å². The van der Waals surface area contributed by atoms with Crippen LogP contribution in [0.3, 0.4) is 0 Å². The molecule has 0 fully saturated rings. The van der Waals surface area contributed by atoms with Crippen LogP contribution in [0.5, 0.6) is 5.88 Å². The van der Waals surface area contributed by atoms with Crippen LogP contribution >= 0.6 is 11.3 Å². The summed E-state index contributed by atoms with van der Waals surface area (Å²) < 4.78 is 5.07. The van der Waals surface area contributed by atoms with Gasteiger partial charge in [0.1, 0.15) is 0 Å². The van der Waals surface area contributed by atoms with Crippen LogP contribution in [0.25, 0.3) is 11.3 Å². The van der Waals surface area contributed by atoms with Crippen molar-refractivity contribution in [2.75, 3.05) is 30.4 Å². The van der Waals surface area contributed by atoms with Gasteiger partial charge in [0.05, 0.1) is 24.7 Å². The summed E-state index contributed by atoms with van der Waals surface area (Å²) in [5.41, 5.74) is 4.22. The Bertz CT molecular complexity index is 795. The Morgan fingerprint density at radius 3 is 2.44 bits per heavy atom. The summed E-state index contributed by atoms with van der Waals surface area (Å²) in [7, 11) is 1.61. The van der Waals surface area contributed by atoms with Gasteiger partial charge >= 0.3 is 0 Å². The fourth-order valence-electron chi connectivity index (χ4n) is 2.59. The molecule has 0 bridgehead atoms. The van der Waals surface area contributed by atoms with Gasteiger partial charge in [-0.25, -0.2) is 9.97 Å². The third kappa shape index (κ3) is 4.09. The average molecular weight is 354 g/mol. The highest BCUT2D eigenvalue weighted by atomic mass is 32.1. The van der Waals surface area contributed by atoms with Gasteiger partial charge < -0.3 is 15.0 Å². The van der Waals surface area contributed by atoms with Crippen molar-refractivity contribution < 1.29 is 4.74 Å². The zero-order chi connectivity index (χ0) is 17.6. The lowest BCUT2D eigenvalue weighted by Gasteiger charge is -2.20. The van der Waals surface area contributed by atoms with Gasteiger partial charge in [0, 0.05) is 35.8 Å². The lowest BCUT2D eigenvalue weighted by Crippen LogP contribution is -2.21. The van der Waals surface area contributed by atoms with Crippen LogP contribution in [0.1, 0.15) is 13.8 Å². The number of pyridine rings is 1. The molecule has 6 heteroatoms. The Kier molecular flexibility index (Phi) is 5.50. The number of aromatic nitrogens is 2. The Morgan fingerprint density at radius 1 is 1.08 bits per heavy atom. The van der Waals surface area contributed by atoms with Gasteiger partial charge in [0.15, 0.2) is 5.13 Å². The Balaban J connectivity index is 1.72. The first-order chi connectivity index (χ1) is 12.2. The molecule has 0 aliphatic heterocycles. The SMILES string of the molecule is CCN(CC)c1ccc(-c2csc(Nc3ccc(OC)nc3)n2)cc1. The molecule has 1 N–H and O–H groups in total. The van der Waals surface area contributed by atoms with Crippen LogP contribution in [-0.2, 0) is 0 Å². The number of benzene rings is 1. The van der Waals surface area contributed by atoms with Crippen LogP contribution in [0.15, 0.2) is 48.0 Å². The molecule has 3 rings (SSSR count). The average Bonchev–Trinajstić information content (AvgIpc) is 3.12. The largest absolute Gasteiger partial charge is 0.481 e. The van der Waals surface area contributed by atoms with E-state index in [1.165, 1.54) is 5.69 Å². The van der Waals surface area contributed by atoms with Crippen LogP contribution in [0.4, 0.5) is 16.5 Å². The second kappa shape index (κ2) is 7.98. The summed E-state index contributed by atoms with van der Waals surface area (Å²) in [5.74, 6) is 0.596. The minimum absolute atomic E-state index is 0.596. The molecule has 0 unspecified atom stereocenters. The summed E-state index contributed by atoms with van der Waals surface area (Å²) in [6.45, 7) is 6.36. The smallest absolute Gasteiger partial charge is 0.213 e. The monoisotopic (exact) mass is 354 g/mol. The first kappa shape index (κ1) is 17.2. The lowest BCUT2D eigenvalue weighted by atomic mass is 10.1. The van der Waals surface area contributed by atoms with E-state index < -0.39 is 0 Å². The standard InChI is InChI=1S/C19H22N4OS/c1-4-23(5-2)16-9-6-14(7-10-16)17-13-25-19(22-17)21-15-8-11-18(24-3)20-12-15/h6-13H,4-5H2,1-3H3,(H,21,22). The second-order valence-electron chi connectivity index (χ2n) is 5.47. The number of nitrogens with one attached hydrogen (secondary N) is 1. The topological polar surface area (TPSA) is 50.3 Å². The van der Waals surface area contributed by atoms with Gasteiger partial charge in [-0.2, -0.15) is 0 Å². The van der Waals surface area contributed by atoms with E-state index in [-0.39, 0.29) is 0 Å². The molecule has 0 saturated heterocycles. The number of thiazole rings is 1. The van der Waals surface area contributed by atoms with Gasteiger partial charge in [-0.05, 0) is 32.0 Å². The third-order valence-corrected chi connectivity index (χ3v) is 4.75. The highest BCUT2D eigenvalue weighted by Crippen LogP contribution is 2.28. The predicted molar refractivity (Wildman–Crippen MR) is 105 cm³/mol. The minimum Gasteiger partial charge on any atom is -0.481 e. The van der Waals surface area contributed by atoms with Gasteiger partial charge in [-0.1, -0.05) is 12.1 Å². The normalized spacial score (nSPS) is 10.5. The molecule has 2 heterocycles. The van der Waals surface area contributed by atoms with Crippen molar-refractivity contribution in [2.45, 2.75) is 13.8 Å². The summed E-state index contributed by atoms with van der Waals surface area (Å²) in [6.07, 6.45) is 1.73. The van der Waals surface area contributed by atoms with Crippen molar-refractivity contribution in [1.82, 2.24) is 9.97 Å². The number of ether oxygens (including phenoxy) is 1. The molecule has 25 heavy (non-hydrogen) atoms. The van der Waals surface area contributed by atoms with Crippen LogP contribution in [0.2, 0.25) is 0 Å². The Labute approximate surface area is 152 Å². The van der Waals surface area contributed by atoms with E-state index in [0.717, 1.165) is 35.2 Å². The molecule has 0 atom stereocenters. The van der Waals surface area contributed by atoms with E-state index in [9.17, 15) is 0 Å². The number of hydrogen-bond donors (Lipinski definition) is 1. The van der Waals surface area contributed by atoms with Gasteiger partial charge in [0.2, 0.25) is 5.88 Å². The Morgan fingerprint density at radius 2 is 1.84 bits per heavy atom. The highest BCUT2D eigenvalue weighted by Gasteiger charge is 2.07. The number of methoxy groups -OCH3 is 1. The molecule has 0 amide bonds. The molecule has 3 aromatic rings. The molecule has 5 nitrogen and oxygen atoms in total. The third-order valence-electron chi connectivity index (χ3n) is 3.99. The van der Waals surface area contributed by atoms with Crippen molar-refractivity contribution in [3.63, 3.8) is 0 Å². The van der Waals surface area contributed by atoms with E-state index in [1.807, 2.05) is 12.1 Å². The minimum atomic E-state index is 0.596. The first-order valence-corrected chi connectivity index (χ1v) is 9.19. The second-order valence-corrected chi connectivity index (χ2v) is 6.33. The lowest BCUT2D eigenvalue weighted by molar-refractivity contribution is 0.398. The van der Waals surface area contributed by atoms with Crippen molar-refractivity contribution in [3.05, 3.63) is 48.0 Å². The quantitative estimate of drug-likeness (QED) is 0.660. The number of nitrogens with zero attached hydrogens (tertiary/aromatic N) is 3. The summed E-state index contributed by atoms with van der Waals surface area (Å²) in [5, 5.41) is 6.18. The molecule has 2 aromatic heterocycles. The van der Waals surface area contributed by atoms with Crippen LogP contribution in [-0.4, -0.2) is 30.2 Å². The molecular weight excluding hydrogens is 332 g/mol. The zero-order valence-corrected chi connectivity index (χ0v) is 15.5. The van der Waals surface area contributed by atoms with Gasteiger partial charge in [-0.15, -0.1) is 11.3 Å². The van der Waals surface area contributed by atoms with Crippen molar-refractivity contribution in [2.24, 2.45) is 0 Å². The molecular formula is C19H22N4OS. The molecule has 130 valence electrons. The molecule has 0 spiro atoms. The number of rotatable bonds is 7. The highest BCUT2D eigenvalue weighted by molar-refractivity contribution is 7.14. The van der Waals surface area contributed by atoms with E-state index in [1.54, 1.807) is 24.6 Å². The number of anilines is 3. The molecule has 0 aliphatic carbocycles. The summed E-state index contributed by atoms with van der Waals surface area (Å²) >= 11 is 1.58. The van der Waals surface area contributed by atoms with E-state index in [4.69, 9.17) is 4.74 Å². The summed E-state index contributed by atoms with van der Waals surface area (Å²) in [6, 6.07) is 12.3. The van der Waals surface area contributed by atoms with E-state index in [2.05, 4.69) is 63.7 Å². The first-order valence-electron chi connectivity index (χ1n) is 8.31. The fraction of sp³-hybridized carbons (Fsp3) is 0.263. The zero-order valence-electron chi connectivity index (χ0n) is 14.7. The maximum Gasteiger partial charge on any atom is 0.213 e. The van der Waals surface area contributed by atoms with Crippen LogP contribution in [0, 0.1) is 0 Å². The maximum atomic E-state index is 5.07. The Hall–Kier alpha value is -2.60. The summed E-state index contributed by atoms with van der Waals surface area (Å²) in [4.78, 5) is 11.2. The maximum absolute atomic E-state index is 5.07. The van der Waals surface area contributed by atoms with Crippen molar-refractivity contribution in [1.29, 1.82) is 0 Å². The predicted octanol–water partition coefficient (Wildman–Crippen LogP) is 4.80. The molecule has 0 saturated carbocycles. The molecule has 1 aromatic carbocycles. The van der Waals surface area contributed by atoms with Crippen LogP contribution < -0.4 is 15.0 Å². The van der Waals surface area contributed by atoms with Gasteiger partial charge in [-0.3, -0.25) is 0 Å². The molecule has 0 radical (unpaired) electrons. The number of hydrogen-bond acceptors (Lipinski definition) is 6. The molecule has 0 aliphatic rings. The van der Waals surface area contributed by atoms with Crippen molar-refractivity contribution in [3.8, 4) is 17.1 Å².